The van der Waals surface area contributed by atoms with Crippen LogP contribution in [-0.4, -0.2) is 0 Å². The first kappa shape index (κ1) is 10.5. The molecule has 1 aromatic heterocycles. The first-order chi connectivity index (χ1) is 10.2. The maximum absolute atomic E-state index is 8.21. The highest BCUT2D eigenvalue weighted by molar-refractivity contribution is 6.30. The van der Waals surface area contributed by atoms with Crippen molar-refractivity contribution < 1.29 is 5.79 Å². The molecule has 0 atom stereocenters. The van der Waals surface area contributed by atoms with Gasteiger partial charge in [0.15, 0.2) is 0 Å². The lowest BCUT2D eigenvalue weighted by molar-refractivity contribution is 0.669. The molecule has 3 aromatic carbocycles. The van der Waals surface area contributed by atoms with E-state index >= 15 is 0 Å². The molecule has 0 amide bonds. The maximum Gasteiger partial charge on any atom is 0.135 e. The van der Waals surface area contributed by atoms with Gasteiger partial charge in [-0.3, -0.25) is 0 Å². The van der Waals surface area contributed by atoms with Gasteiger partial charge in [-0.05, 0) is 41.4 Å². The molecule has 4 aromatic rings. The molecule has 0 radical (unpaired) electrons. The monoisotopic (exact) mass is 279 g/mol. The second kappa shape index (κ2) is 4.39. The maximum atomic E-state index is 8.21. The van der Waals surface area contributed by atoms with Gasteiger partial charge >= 0.3 is 0 Å². The van der Waals surface area contributed by atoms with Gasteiger partial charge in [-0.15, -0.1) is 0 Å². The third-order valence-corrected chi connectivity index (χ3v) is 3.72. The fourth-order valence-corrected chi connectivity index (χ4v) is 2.59. The normalized spacial score (nSPS) is 11.9. The average molecular weight is 280 g/mol. The van der Waals surface area contributed by atoms with Crippen molar-refractivity contribution in [3.05, 3.63) is 71.7 Å². The molecule has 20 heavy (non-hydrogen) atoms. The fraction of sp³-hybridized carbons (Fsp3) is 0. The minimum absolute atomic E-state index is 0.397. The molecule has 96 valence electrons. The smallest absolute Gasteiger partial charge is 0.135 e. The Balaban J connectivity index is 2.03. The summed E-state index contributed by atoms with van der Waals surface area (Å²) in [6.45, 7) is 0. The lowest BCUT2D eigenvalue weighted by Crippen LogP contribution is -1.77. The molecular formula is C18H11ClO. The predicted molar refractivity (Wildman–Crippen MR) is 84.2 cm³/mol. The van der Waals surface area contributed by atoms with Crippen molar-refractivity contribution in [1.29, 1.82) is 0 Å². The van der Waals surface area contributed by atoms with Gasteiger partial charge in [0.2, 0.25) is 0 Å². The Morgan fingerprint density at radius 3 is 2.45 bits per heavy atom. The van der Waals surface area contributed by atoms with Gasteiger partial charge in [0, 0.05) is 15.8 Å². The largest absolute Gasteiger partial charge is 0.456 e. The number of halogens is 1. The first-order valence-electron chi connectivity index (χ1n) is 6.90. The van der Waals surface area contributed by atoms with Crippen LogP contribution in [0.1, 0.15) is 1.37 Å². The van der Waals surface area contributed by atoms with E-state index in [0.717, 1.165) is 27.5 Å². The Morgan fingerprint density at radius 1 is 0.800 bits per heavy atom. The van der Waals surface area contributed by atoms with Crippen LogP contribution in [0.5, 0.6) is 0 Å². The van der Waals surface area contributed by atoms with Crippen molar-refractivity contribution in [3.63, 3.8) is 0 Å². The van der Waals surface area contributed by atoms with E-state index in [2.05, 4.69) is 6.07 Å². The summed E-state index contributed by atoms with van der Waals surface area (Å²) in [5.41, 5.74) is 3.49. The highest BCUT2D eigenvalue weighted by Crippen LogP contribution is 2.32. The van der Waals surface area contributed by atoms with E-state index < -0.39 is 0 Å². The summed E-state index contributed by atoms with van der Waals surface area (Å²) in [6.07, 6.45) is 0. The molecule has 0 aliphatic carbocycles. The number of rotatable bonds is 1. The summed E-state index contributed by atoms with van der Waals surface area (Å²) in [7, 11) is 0. The van der Waals surface area contributed by atoms with Crippen LogP contribution in [0.3, 0.4) is 0 Å². The molecule has 4 rings (SSSR count). The zero-order chi connectivity index (χ0) is 14.4. The molecule has 0 N–H and O–H groups in total. The predicted octanol–water partition coefficient (Wildman–Crippen LogP) is 5.91. The van der Waals surface area contributed by atoms with Crippen molar-refractivity contribution >= 4 is 33.5 Å². The highest BCUT2D eigenvalue weighted by Gasteiger charge is 2.07. The molecule has 0 saturated carbocycles. The molecular weight excluding hydrogens is 268 g/mol. The van der Waals surface area contributed by atoms with Crippen LogP contribution in [-0.2, 0) is 0 Å². The Hall–Kier alpha value is -2.25. The molecule has 0 aliphatic rings. The molecule has 0 fully saturated rings. The molecule has 0 saturated heterocycles. The average Bonchev–Trinajstić information content (AvgIpc) is 2.87. The van der Waals surface area contributed by atoms with Gasteiger partial charge in [-0.2, -0.15) is 0 Å². The van der Waals surface area contributed by atoms with Crippen molar-refractivity contribution in [2.24, 2.45) is 0 Å². The van der Waals surface area contributed by atoms with E-state index in [-0.39, 0.29) is 0 Å². The Morgan fingerprint density at radius 2 is 1.60 bits per heavy atom. The Labute approximate surface area is 122 Å². The molecule has 2 heteroatoms. The van der Waals surface area contributed by atoms with Crippen LogP contribution < -0.4 is 0 Å². The van der Waals surface area contributed by atoms with Gasteiger partial charge in [-0.1, -0.05) is 48.0 Å². The second-order valence-corrected chi connectivity index (χ2v) is 5.17. The summed E-state index contributed by atoms with van der Waals surface area (Å²) in [6, 6.07) is 19.8. The SMILES string of the molecule is [2H]c1cc(-c2ccc(Cl)cc2)cc2c1oc1ccccc12. The van der Waals surface area contributed by atoms with E-state index in [1.807, 2.05) is 54.6 Å². The van der Waals surface area contributed by atoms with Gasteiger partial charge in [0.1, 0.15) is 11.2 Å². The lowest BCUT2D eigenvalue weighted by Gasteiger charge is -2.01. The number of benzene rings is 3. The minimum Gasteiger partial charge on any atom is -0.456 e. The highest BCUT2D eigenvalue weighted by atomic mass is 35.5. The van der Waals surface area contributed by atoms with Crippen LogP contribution >= 0.6 is 11.6 Å². The Bertz CT molecular complexity index is 954. The van der Waals surface area contributed by atoms with Crippen LogP contribution in [0, 0.1) is 0 Å². The third-order valence-electron chi connectivity index (χ3n) is 3.47. The standard InChI is InChI=1S/C18H11ClO/c19-14-8-5-12(6-9-14)13-7-10-18-16(11-13)15-3-1-2-4-17(15)20-18/h1-11H/i10D. The van der Waals surface area contributed by atoms with E-state index in [1.54, 1.807) is 0 Å². The van der Waals surface area contributed by atoms with Crippen molar-refractivity contribution in [2.75, 3.05) is 0 Å². The summed E-state index contributed by atoms with van der Waals surface area (Å²) < 4.78 is 14.0. The zero-order valence-electron chi connectivity index (χ0n) is 11.6. The molecule has 0 spiro atoms. The van der Waals surface area contributed by atoms with Crippen LogP contribution in [0.2, 0.25) is 5.02 Å². The van der Waals surface area contributed by atoms with E-state index in [4.69, 9.17) is 17.4 Å². The fourth-order valence-electron chi connectivity index (χ4n) is 2.47. The summed E-state index contributed by atoms with van der Waals surface area (Å²) in [5, 5.41) is 2.72. The molecule has 1 heterocycles. The van der Waals surface area contributed by atoms with Crippen molar-refractivity contribution in [2.45, 2.75) is 0 Å². The van der Waals surface area contributed by atoms with Crippen molar-refractivity contribution in [3.8, 4) is 11.1 Å². The lowest BCUT2D eigenvalue weighted by atomic mass is 10.0. The molecule has 0 bridgehead atoms. The van der Waals surface area contributed by atoms with E-state index in [0.29, 0.717) is 16.6 Å². The molecule has 0 unspecified atom stereocenters. The van der Waals surface area contributed by atoms with Crippen LogP contribution in [0.4, 0.5) is 0 Å². The zero-order valence-corrected chi connectivity index (χ0v) is 11.3. The number of fused-ring (bicyclic) bond motifs is 3. The van der Waals surface area contributed by atoms with Gasteiger partial charge in [0.25, 0.3) is 0 Å². The van der Waals surface area contributed by atoms with E-state index in [1.165, 1.54) is 0 Å². The van der Waals surface area contributed by atoms with Gasteiger partial charge in [-0.25, -0.2) is 0 Å². The van der Waals surface area contributed by atoms with Crippen LogP contribution in [0.25, 0.3) is 33.1 Å². The second-order valence-electron chi connectivity index (χ2n) is 4.74. The topological polar surface area (TPSA) is 13.1 Å². The number of hydrogen-bond donors (Lipinski definition) is 0. The van der Waals surface area contributed by atoms with Crippen LogP contribution in [0.15, 0.2) is 71.1 Å². The van der Waals surface area contributed by atoms with Gasteiger partial charge in [0.05, 0.1) is 1.37 Å². The summed E-state index contributed by atoms with van der Waals surface area (Å²) in [4.78, 5) is 0. The van der Waals surface area contributed by atoms with Crippen molar-refractivity contribution in [1.82, 2.24) is 0 Å². The number of furan rings is 1. The Kier molecular flexibility index (Phi) is 2.31. The number of hydrogen-bond acceptors (Lipinski definition) is 1. The summed E-state index contributed by atoms with van der Waals surface area (Å²) in [5.74, 6) is 0. The molecule has 1 nitrogen and oxygen atoms in total. The first-order valence-corrected chi connectivity index (χ1v) is 6.78. The molecule has 0 aliphatic heterocycles. The minimum atomic E-state index is 0.397. The number of para-hydroxylation sites is 1. The van der Waals surface area contributed by atoms with Gasteiger partial charge < -0.3 is 4.42 Å². The third kappa shape index (κ3) is 1.79. The van der Waals surface area contributed by atoms with E-state index in [9.17, 15) is 0 Å². The quantitative estimate of drug-likeness (QED) is 0.422. The summed E-state index contributed by atoms with van der Waals surface area (Å²) >= 11 is 5.93.